The van der Waals surface area contributed by atoms with E-state index in [0.717, 1.165) is 58.4 Å². The lowest BCUT2D eigenvalue weighted by Gasteiger charge is -2.44. The molecule has 3 aliphatic rings. The summed E-state index contributed by atoms with van der Waals surface area (Å²) < 4.78 is 0. The first-order valence-electron chi connectivity index (χ1n) is 13.6. The molecule has 1 atom stereocenters. The third-order valence-corrected chi connectivity index (χ3v) is 8.55. The number of anilines is 2. The van der Waals surface area contributed by atoms with Gasteiger partial charge < -0.3 is 14.8 Å². The number of amides is 1. The van der Waals surface area contributed by atoms with Crippen LogP contribution in [0.2, 0.25) is 0 Å². The smallest absolute Gasteiger partial charge is 0.230 e. The second kappa shape index (κ2) is 9.69. The fourth-order valence-corrected chi connectivity index (χ4v) is 6.63. The number of H-pyrrole nitrogens is 1. The molecule has 1 saturated carbocycles. The lowest BCUT2D eigenvalue weighted by molar-refractivity contribution is -0.124. The number of hydrogen-bond donors (Lipinski definition) is 1. The molecule has 1 aromatic heterocycles. The van der Waals surface area contributed by atoms with Crippen molar-refractivity contribution in [1.29, 1.82) is 0 Å². The van der Waals surface area contributed by atoms with Crippen molar-refractivity contribution in [3.63, 3.8) is 0 Å². The zero-order valence-corrected chi connectivity index (χ0v) is 21.0. The van der Waals surface area contributed by atoms with Gasteiger partial charge in [0.2, 0.25) is 5.91 Å². The molecule has 3 aromatic rings. The average molecular weight is 471 g/mol. The van der Waals surface area contributed by atoms with Crippen molar-refractivity contribution < 1.29 is 4.79 Å². The third-order valence-electron chi connectivity index (χ3n) is 8.55. The number of fused-ring (bicyclic) bond motifs is 2. The summed E-state index contributed by atoms with van der Waals surface area (Å²) in [6.07, 6.45) is 9.98. The van der Waals surface area contributed by atoms with Crippen LogP contribution in [0.15, 0.2) is 48.7 Å². The Labute approximate surface area is 209 Å². The second-order valence-corrected chi connectivity index (χ2v) is 10.9. The molecule has 5 nitrogen and oxygen atoms in total. The first-order valence-corrected chi connectivity index (χ1v) is 13.6. The number of hydrogen-bond acceptors (Lipinski definition) is 3. The minimum absolute atomic E-state index is 0.206. The van der Waals surface area contributed by atoms with Crippen molar-refractivity contribution in [3.8, 4) is 0 Å². The quantitative estimate of drug-likeness (QED) is 0.545. The van der Waals surface area contributed by atoms with Gasteiger partial charge in [-0.05, 0) is 62.4 Å². The average Bonchev–Trinajstić information content (AvgIpc) is 3.38. The maximum atomic E-state index is 13.9. The molecule has 184 valence electrons. The van der Waals surface area contributed by atoms with E-state index in [9.17, 15) is 4.79 Å². The van der Waals surface area contributed by atoms with E-state index in [2.05, 4.69) is 69.1 Å². The number of carbonyl (C=O) groups is 1. The summed E-state index contributed by atoms with van der Waals surface area (Å²) in [7, 11) is 0. The van der Waals surface area contributed by atoms with Gasteiger partial charge in [-0.1, -0.05) is 43.0 Å². The van der Waals surface area contributed by atoms with Gasteiger partial charge in [-0.3, -0.25) is 9.69 Å². The summed E-state index contributed by atoms with van der Waals surface area (Å²) in [5, 5.41) is 1.31. The molecule has 2 aromatic carbocycles. The van der Waals surface area contributed by atoms with Crippen LogP contribution in [0.1, 0.15) is 49.7 Å². The Morgan fingerprint density at radius 1 is 0.943 bits per heavy atom. The number of benzene rings is 2. The van der Waals surface area contributed by atoms with Crippen molar-refractivity contribution in [2.75, 3.05) is 42.5 Å². The van der Waals surface area contributed by atoms with Crippen LogP contribution in [-0.4, -0.2) is 54.6 Å². The third kappa shape index (κ3) is 4.47. The van der Waals surface area contributed by atoms with Gasteiger partial charge >= 0.3 is 0 Å². The van der Waals surface area contributed by atoms with Gasteiger partial charge in [-0.15, -0.1) is 0 Å². The van der Waals surface area contributed by atoms with E-state index in [1.807, 2.05) is 6.20 Å². The maximum absolute atomic E-state index is 13.9. The maximum Gasteiger partial charge on any atom is 0.230 e. The van der Waals surface area contributed by atoms with Crippen molar-refractivity contribution in [3.05, 3.63) is 59.8 Å². The summed E-state index contributed by atoms with van der Waals surface area (Å²) in [6.45, 7) is 7.29. The number of aromatic nitrogens is 1. The van der Waals surface area contributed by atoms with E-state index in [1.54, 1.807) is 0 Å². The van der Waals surface area contributed by atoms with Gasteiger partial charge in [-0.2, -0.15) is 0 Å². The van der Waals surface area contributed by atoms with Gasteiger partial charge in [0.25, 0.3) is 0 Å². The zero-order valence-electron chi connectivity index (χ0n) is 21.0. The molecule has 2 aliphatic heterocycles. The van der Waals surface area contributed by atoms with E-state index < -0.39 is 0 Å². The summed E-state index contributed by atoms with van der Waals surface area (Å²) >= 11 is 0. The Balaban J connectivity index is 1.18. The minimum Gasteiger partial charge on any atom is -0.368 e. The predicted molar refractivity (Wildman–Crippen MR) is 144 cm³/mol. The molecule has 0 spiro atoms. The zero-order chi connectivity index (χ0) is 23.8. The van der Waals surface area contributed by atoms with Gasteiger partial charge in [-0.25, -0.2) is 0 Å². The van der Waals surface area contributed by atoms with Gasteiger partial charge in [0.15, 0.2) is 0 Å². The molecule has 1 amide bonds. The van der Waals surface area contributed by atoms with Crippen molar-refractivity contribution in [2.45, 2.75) is 57.9 Å². The lowest BCUT2D eigenvalue weighted by atomic mass is 9.86. The van der Waals surface area contributed by atoms with Crippen LogP contribution < -0.4 is 9.80 Å². The molecular weight excluding hydrogens is 432 g/mol. The summed E-state index contributed by atoms with van der Waals surface area (Å²) in [5.41, 5.74) is 6.37. The van der Waals surface area contributed by atoms with Crippen LogP contribution in [-0.2, 0) is 11.2 Å². The molecule has 2 fully saturated rings. The molecule has 5 heteroatoms. The standard InChI is InChI=1S/C30H38N4O/c1-22-10-13-28-24(20-22)11-12-25(34(28)30(35)23-6-3-2-4-7-23)21-32-16-18-33(19-17-32)29-9-5-8-27-26(29)14-15-31-27/h5,8-10,13-15,20,23,25,31H,2-4,6-7,11-12,16-19,21H2,1H3. The first-order chi connectivity index (χ1) is 17.2. The molecule has 35 heavy (non-hydrogen) atoms. The number of piperazine rings is 1. The van der Waals surface area contributed by atoms with E-state index in [1.165, 1.54) is 52.7 Å². The van der Waals surface area contributed by atoms with Crippen LogP contribution in [0.5, 0.6) is 0 Å². The number of nitrogens with one attached hydrogen (secondary N) is 1. The molecular formula is C30H38N4O. The number of nitrogens with zero attached hydrogens (tertiary/aromatic N) is 3. The Morgan fingerprint density at radius 3 is 2.60 bits per heavy atom. The van der Waals surface area contributed by atoms with Crippen LogP contribution in [0.25, 0.3) is 10.9 Å². The van der Waals surface area contributed by atoms with Gasteiger partial charge in [0.05, 0.1) is 0 Å². The number of aromatic amines is 1. The molecule has 1 aliphatic carbocycles. The Hall–Kier alpha value is -2.79. The van der Waals surface area contributed by atoms with Crippen LogP contribution in [0, 0.1) is 12.8 Å². The monoisotopic (exact) mass is 470 g/mol. The predicted octanol–water partition coefficient (Wildman–Crippen LogP) is 5.53. The number of aryl methyl sites for hydroxylation is 2. The molecule has 1 saturated heterocycles. The highest BCUT2D eigenvalue weighted by Crippen LogP contribution is 2.36. The SMILES string of the molecule is Cc1ccc2c(c1)CCC(CN1CCN(c3cccc4[nH]ccc34)CC1)N2C(=O)C1CCCCC1. The normalized spacial score (nSPS) is 21.9. The van der Waals surface area contributed by atoms with Crippen molar-refractivity contribution in [1.82, 2.24) is 9.88 Å². The largest absolute Gasteiger partial charge is 0.368 e. The molecule has 0 radical (unpaired) electrons. The molecule has 1 unspecified atom stereocenters. The highest BCUT2D eigenvalue weighted by molar-refractivity contribution is 5.97. The summed E-state index contributed by atoms with van der Waals surface area (Å²) in [6, 6.07) is 15.7. The Bertz CT molecular complexity index is 1190. The van der Waals surface area contributed by atoms with Crippen molar-refractivity contribution in [2.24, 2.45) is 5.92 Å². The second-order valence-electron chi connectivity index (χ2n) is 10.9. The lowest BCUT2D eigenvalue weighted by Crippen LogP contribution is -2.55. The minimum atomic E-state index is 0.206. The highest BCUT2D eigenvalue weighted by Gasteiger charge is 2.36. The topological polar surface area (TPSA) is 42.6 Å². The van der Waals surface area contributed by atoms with E-state index in [-0.39, 0.29) is 12.0 Å². The van der Waals surface area contributed by atoms with Gasteiger partial charge in [0, 0.05) is 73.2 Å². The number of rotatable bonds is 4. The van der Waals surface area contributed by atoms with Gasteiger partial charge in [0.1, 0.15) is 0 Å². The molecule has 3 heterocycles. The fourth-order valence-electron chi connectivity index (χ4n) is 6.63. The van der Waals surface area contributed by atoms with Crippen LogP contribution in [0.3, 0.4) is 0 Å². The van der Waals surface area contributed by atoms with E-state index in [0.29, 0.717) is 5.91 Å². The molecule has 0 bridgehead atoms. The Morgan fingerprint density at radius 2 is 1.77 bits per heavy atom. The van der Waals surface area contributed by atoms with Crippen molar-refractivity contribution >= 4 is 28.2 Å². The van der Waals surface area contributed by atoms with E-state index in [4.69, 9.17) is 0 Å². The fraction of sp³-hybridized carbons (Fsp3) is 0.500. The first kappa shape index (κ1) is 22.7. The van der Waals surface area contributed by atoms with Crippen LogP contribution >= 0.6 is 0 Å². The molecule has 1 N–H and O–H groups in total. The summed E-state index contributed by atoms with van der Waals surface area (Å²) in [4.78, 5) is 24.6. The van der Waals surface area contributed by atoms with Crippen LogP contribution in [0.4, 0.5) is 11.4 Å². The summed E-state index contributed by atoms with van der Waals surface area (Å²) in [5.74, 6) is 0.592. The Kier molecular flexibility index (Phi) is 6.28. The molecule has 6 rings (SSSR count). The van der Waals surface area contributed by atoms with E-state index >= 15 is 0 Å². The number of carbonyl (C=O) groups excluding carboxylic acids is 1. The highest BCUT2D eigenvalue weighted by atomic mass is 16.2.